The van der Waals surface area contributed by atoms with Crippen molar-refractivity contribution in [2.45, 2.75) is 19.4 Å². The summed E-state index contributed by atoms with van der Waals surface area (Å²) in [6, 6.07) is 11.4. The molecule has 116 valence electrons. The number of nitrogens with zero attached hydrogens (tertiary/aromatic N) is 1. The average Bonchev–Trinajstić information content (AvgIpc) is 2.56. The van der Waals surface area contributed by atoms with E-state index >= 15 is 0 Å². The van der Waals surface area contributed by atoms with Crippen molar-refractivity contribution in [2.75, 3.05) is 13.7 Å². The number of rotatable bonds is 6. The van der Waals surface area contributed by atoms with Crippen molar-refractivity contribution < 1.29 is 9.53 Å². The standard InChI is InChI=1S/C17H21N3O2/c1-13(15-7-9-18-10-8-15)20-17(21)19-11-6-14-4-3-5-16(12-14)22-2/h3-5,7-10,12-13H,6,11H2,1-2H3,(H2,19,20,21). The van der Waals surface area contributed by atoms with Gasteiger partial charge in [-0.1, -0.05) is 12.1 Å². The van der Waals surface area contributed by atoms with Gasteiger partial charge in [0, 0.05) is 18.9 Å². The van der Waals surface area contributed by atoms with Crippen LogP contribution in [-0.2, 0) is 6.42 Å². The first-order valence-electron chi connectivity index (χ1n) is 7.26. The van der Waals surface area contributed by atoms with Gasteiger partial charge in [-0.05, 0) is 48.7 Å². The maximum absolute atomic E-state index is 11.9. The van der Waals surface area contributed by atoms with Crippen molar-refractivity contribution in [3.8, 4) is 5.75 Å². The highest BCUT2D eigenvalue weighted by molar-refractivity contribution is 5.74. The Bertz CT molecular complexity index is 602. The van der Waals surface area contributed by atoms with E-state index in [1.165, 1.54) is 0 Å². The van der Waals surface area contributed by atoms with Crippen LogP contribution in [0.4, 0.5) is 4.79 Å². The number of methoxy groups -OCH3 is 1. The van der Waals surface area contributed by atoms with Gasteiger partial charge >= 0.3 is 6.03 Å². The number of aromatic nitrogens is 1. The SMILES string of the molecule is COc1cccc(CCNC(=O)NC(C)c2ccncc2)c1. The highest BCUT2D eigenvalue weighted by atomic mass is 16.5. The maximum atomic E-state index is 11.9. The number of ether oxygens (including phenoxy) is 1. The van der Waals surface area contributed by atoms with Crippen LogP contribution in [0.25, 0.3) is 0 Å². The maximum Gasteiger partial charge on any atom is 0.315 e. The first kappa shape index (κ1) is 15.8. The zero-order chi connectivity index (χ0) is 15.8. The highest BCUT2D eigenvalue weighted by Gasteiger charge is 2.08. The summed E-state index contributed by atoms with van der Waals surface area (Å²) in [4.78, 5) is 15.8. The molecule has 0 aliphatic heterocycles. The third kappa shape index (κ3) is 4.77. The fraction of sp³-hybridized carbons (Fsp3) is 0.294. The molecule has 0 aliphatic carbocycles. The first-order valence-corrected chi connectivity index (χ1v) is 7.26. The summed E-state index contributed by atoms with van der Waals surface area (Å²) in [5.41, 5.74) is 2.15. The fourth-order valence-corrected chi connectivity index (χ4v) is 2.13. The zero-order valence-corrected chi connectivity index (χ0v) is 12.9. The summed E-state index contributed by atoms with van der Waals surface area (Å²) in [5, 5.41) is 5.77. The van der Waals surface area contributed by atoms with E-state index in [1.807, 2.05) is 43.3 Å². The molecule has 2 N–H and O–H groups in total. The molecule has 2 aromatic rings. The summed E-state index contributed by atoms with van der Waals surface area (Å²) in [5.74, 6) is 0.827. The topological polar surface area (TPSA) is 63.2 Å². The molecule has 1 unspecified atom stereocenters. The fourth-order valence-electron chi connectivity index (χ4n) is 2.13. The molecule has 0 spiro atoms. The molecule has 0 aliphatic rings. The second-order valence-electron chi connectivity index (χ2n) is 5.00. The molecule has 0 saturated carbocycles. The summed E-state index contributed by atoms with van der Waals surface area (Å²) < 4.78 is 5.18. The van der Waals surface area contributed by atoms with Gasteiger partial charge in [0.25, 0.3) is 0 Å². The number of carbonyl (C=O) groups excluding carboxylic acids is 1. The van der Waals surface area contributed by atoms with Crippen LogP contribution in [0.5, 0.6) is 5.75 Å². The Morgan fingerprint density at radius 1 is 1.27 bits per heavy atom. The molecule has 0 saturated heterocycles. The van der Waals surface area contributed by atoms with Gasteiger partial charge in [-0.15, -0.1) is 0 Å². The van der Waals surface area contributed by atoms with Gasteiger partial charge in [0.15, 0.2) is 0 Å². The van der Waals surface area contributed by atoms with Crippen molar-refractivity contribution in [3.05, 3.63) is 59.9 Å². The van der Waals surface area contributed by atoms with Crippen LogP contribution in [0.15, 0.2) is 48.8 Å². The Kier molecular flexibility index (Phi) is 5.77. The van der Waals surface area contributed by atoms with E-state index in [-0.39, 0.29) is 12.1 Å². The minimum absolute atomic E-state index is 0.0557. The summed E-state index contributed by atoms with van der Waals surface area (Å²) in [6.07, 6.45) is 4.19. The molecule has 1 heterocycles. The summed E-state index contributed by atoms with van der Waals surface area (Å²) >= 11 is 0. The van der Waals surface area contributed by atoms with Gasteiger partial charge in [0.2, 0.25) is 0 Å². The largest absolute Gasteiger partial charge is 0.497 e. The Balaban J connectivity index is 1.76. The number of hydrogen-bond acceptors (Lipinski definition) is 3. The van der Waals surface area contributed by atoms with Gasteiger partial charge in [0.1, 0.15) is 5.75 Å². The van der Waals surface area contributed by atoms with Crippen LogP contribution in [0, 0.1) is 0 Å². The highest BCUT2D eigenvalue weighted by Crippen LogP contribution is 2.12. The molecule has 0 radical (unpaired) electrons. The van der Waals surface area contributed by atoms with Gasteiger partial charge in [-0.25, -0.2) is 4.79 Å². The smallest absolute Gasteiger partial charge is 0.315 e. The van der Waals surface area contributed by atoms with E-state index < -0.39 is 0 Å². The predicted octanol–water partition coefficient (Wildman–Crippen LogP) is 2.69. The number of urea groups is 1. The van der Waals surface area contributed by atoms with Gasteiger partial charge < -0.3 is 15.4 Å². The lowest BCUT2D eigenvalue weighted by Gasteiger charge is -2.14. The lowest BCUT2D eigenvalue weighted by molar-refractivity contribution is 0.238. The minimum atomic E-state index is -0.174. The Hall–Kier alpha value is -2.56. The Morgan fingerprint density at radius 2 is 2.05 bits per heavy atom. The molecule has 1 aromatic heterocycles. The molecule has 0 fully saturated rings. The van der Waals surface area contributed by atoms with E-state index in [1.54, 1.807) is 19.5 Å². The lowest BCUT2D eigenvalue weighted by atomic mass is 10.1. The van der Waals surface area contributed by atoms with E-state index in [9.17, 15) is 4.79 Å². The second kappa shape index (κ2) is 8.02. The van der Waals surface area contributed by atoms with Crippen molar-refractivity contribution in [1.29, 1.82) is 0 Å². The third-order valence-electron chi connectivity index (χ3n) is 3.39. The molecule has 2 amide bonds. The normalized spacial score (nSPS) is 11.5. The van der Waals surface area contributed by atoms with E-state index in [4.69, 9.17) is 4.74 Å². The van der Waals surface area contributed by atoms with Gasteiger partial charge in [0.05, 0.1) is 13.2 Å². The van der Waals surface area contributed by atoms with Crippen LogP contribution >= 0.6 is 0 Å². The van der Waals surface area contributed by atoms with E-state index in [0.29, 0.717) is 6.54 Å². The van der Waals surface area contributed by atoms with Crippen LogP contribution < -0.4 is 15.4 Å². The monoisotopic (exact) mass is 299 g/mol. The Labute approximate surface area is 130 Å². The van der Waals surface area contributed by atoms with Crippen molar-refractivity contribution in [2.24, 2.45) is 0 Å². The molecule has 5 nitrogen and oxygen atoms in total. The lowest BCUT2D eigenvalue weighted by Crippen LogP contribution is -2.38. The predicted molar refractivity (Wildman–Crippen MR) is 85.9 cm³/mol. The molecule has 1 atom stereocenters. The zero-order valence-electron chi connectivity index (χ0n) is 12.9. The number of amides is 2. The van der Waals surface area contributed by atoms with Gasteiger partial charge in [-0.2, -0.15) is 0 Å². The molecular weight excluding hydrogens is 278 g/mol. The van der Waals surface area contributed by atoms with Crippen LogP contribution in [0.3, 0.4) is 0 Å². The Morgan fingerprint density at radius 3 is 2.77 bits per heavy atom. The number of carbonyl (C=O) groups is 1. The average molecular weight is 299 g/mol. The number of hydrogen-bond donors (Lipinski definition) is 2. The molecule has 5 heteroatoms. The van der Waals surface area contributed by atoms with E-state index in [0.717, 1.165) is 23.3 Å². The van der Waals surface area contributed by atoms with Crippen molar-refractivity contribution in [1.82, 2.24) is 15.6 Å². The van der Waals surface area contributed by atoms with Crippen LogP contribution in [0.1, 0.15) is 24.1 Å². The molecule has 0 bridgehead atoms. The molecule has 22 heavy (non-hydrogen) atoms. The summed E-state index contributed by atoms with van der Waals surface area (Å²) in [7, 11) is 1.64. The van der Waals surface area contributed by atoms with Crippen molar-refractivity contribution >= 4 is 6.03 Å². The first-order chi connectivity index (χ1) is 10.7. The van der Waals surface area contributed by atoms with Crippen LogP contribution in [0.2, 0.25) is 0 Å². The minimum Gasteiger partial charge on any atom is -0.497 e. The van der Waals surface area contributed by atoms with E-state index in [2.05, 4.69) is 15.6 Å². The van der Waals surface area contributed by atoms with Gasteiger partial charge in [-0.3, -0.25) is 4.98 Å². The number of nitrogens with one attached hydrogen (secondary N) is 2. The molecule has 2 rings (SSSR count). The number of benzene rings is 1. The molecular formula is C17H21N3O2. The second-order valence-corrected chi connectivity index (χ2v) is 5.00. The van der Waals surface area contributed by atoms with Crippen LogP contribution in [-0.4, -0.2) is 24.7 Å². The quantitative estimate of drug-likeness (QED) is 0.862. The third-order valence-corrected chi connectivity index (χ3v) is 3.39. The van der Waals surface area contributed by atoms with Crippen molar-refractivity contribution in [3.63, 3.8) is 0 Å². The summed E-state index contributed by atoms with van der Waals surface area (Å²) in [6.45, 7) is 2.51. The molecule has 1 aromatic carbocycles. The number of pyridine rings is 1.